The zero-order valence-corrected chi connectivity index (χ0v) is 15.4. The van der Waals surface area contributed by atoms with Crippen molar-refractivity contribution in [3.63, 3.8) is 0 Å². The fourth-order valence-corrected chi connectivity index (χ4v) is 3.70. The van der Waals surface area contributed by atoms with Crippen LogP contribution in [-0.4, -0.2) is 23.7 Å². The fourth-order valence-electron chi connectivity index (χ4n) is 3.70. The number of fused-ring (bicyclic) bond motifs is 1. The molecule has 0 bridgehead atoms. The number of para-hydroxylation sites is 1. The van der Waals surface area contributed by atoms with Crippen LogP contribution < -0.4 is 20.5 Å². The Labute approximate surface area is 159 Å². The summed E-state index contributed by atoms with van der Waals surface area (Å²) in [7, 11) is 0. The van der Waals surface area contributed by atoms with Crippen molar-refractivity contribution in [3.8, 4) is 11.6 Å². The molecule has 2 aliphatic rings. The third kappa shape index (κ3) is 4.32. The van der Waals surface area contributed by atoms with E-state index in [1.165, 1.54) is 12.8 Å². The van der Waals surface area contributed by atoms with E-state index in [4.69, 9.17) is 15.2 Å². The number of ether oxygens (including phenoxy) is 2. The van der Waals surface area contributed by atoms with Crippen LogP contribution in [0.25, 0.3) is 0 Å². The van der Waals surface area contributed by atoms with Gasteiger partial charge in [-0.2, -0.15) is 0 Å². The normalized spacial score (nSPS) is 20.0. The molecule has 1 atom stereocenters. The van der Waals surface area contributed by atoms with E-state index >= 15 is 0 Å². The molecule has 2 heterocycles. The molecule has 1 aliphatic carbocycles. The molecule has 1 saturated carbocycles. The van der Waals surface area contributed by atoms with Crippen LogP contribution in [-0.2, 0) is 6.54 Å². The molecule has 1 aliphatic heterocycles. The van der Waals surface area contributed by atoms with Crippen molar-refractivity contribution in [3.05, 3.63) is 53.7 Å². The quantitative estimate of drug-likeness (QED) is 0.627. The summed E-state index contributed by atoms with van der Waals surface area (Å²) < 4.78 is 11.8. The molecule has 1 unspecified atom stereocenters. The number of nitrogens with zero attached hydrogens (tertiary/aromatic N) is 2. The van der Waals surface area contributed by atoms with Crippen LogP contribution in [0.5, 0.6) is 11.6 Å². The van der Waals surface area contributed by atoms with Gasteiger partial charge in [0.25, 0.3) is 0 Å². The number of nitrogens with two attached hydrogens (primary N) is 1. The van der Waals surface area contributed by atoms with Crippen molar-refractivity contribution in [1.29, 1.82) is 0 Å². The molecule has 0 radical (unpaired) electrons. The first kappa shape index (κ1) is 17.6. The summed E-state index contributed by atoms with van der Waals surface area (Å²) in [4.78, 5) is 8.92. The third-order valence-electron chi connectivity index (χ3n) is 5.13. The number of pyridine rings is 1. The molecule has 6 heteroatoms. The van der Waals surface area contributed by atoms with Crippen molar-refractivity contribution < 1.29 is 9.47 Å². The average molecular weight is 366 g/mol. The molecule has 4 rings (SSSR count). The number of benzene rings is 1. The Morgan fingerprint density at radius 3 is 2.93 bits per heavy atom. The minimum Gasteiger partial charge on any atom is -0.493 e. The van der Waals surface area contributed by atoms with Crippen LogP contribution in [0.1, 0.15) is 49.3 Å². The molecule has 142 valence electrons. The highest BCUT2D eigenvalue weighted by atomic mass is 16.5. The molecule has 1 aromatic carbocycles. The SMILES string of the molecule is NC(=NCc1cccnc1OC1CCCC1)NC1CCOc2ccccc21. The highest BCUT2D eigenvalue weighted by Crippen LogP contribution is 2.31. The number of hydrogen-bond donors (Lipinski definition) is 2. The molecular formula is C21H26N4O2. The number of aliphatic imine (C=N–C) groups is 1. The van der Waals surface area contributed by atoms with E-state index in [-0.39, 0.29) is 12.1 Å². The Morgan fingerprint density at radius 1 is 1.19 bits per heavy atom. The first-order valence-corrected chi connectivity index (χ1v) is 9.68. The van der Waals surface area contributed by atoms with Crippen molar-refractivity contribution in [2.24, 2.45) is 10.7 Å². The molecule has 1 fully saturated rings. The molecule has 0 amide bonds. The Balaban J connectivity index is 1.41. The second-order valence-electron chi connectivity index (χ2n) is 7.07. The Kier molecular flexibility index (Phi) is 5.42. The summed E-state index contributed by atoms with van der Waals surface area (Å²) in [6.45, 7) is 1.11. The Hall–Kier alpha value is -2.76. The molecule has 6 nitrogen and oxygen atoms in total. The van der Waals surface area contributed by atoms with Gasteiger partial charge in [0.2, 0.25) is 5.88 Å². The van der Waals surface area contributed by atoms with Crippen LogP contribution in [0.3, 0.4) is 0 Å². The van der Waals surface area contributed by atoms with Gasteiger partial charge in [-0.05, 0) is 37.8 Å². The summed E-state index contributed by atoms with van der Waals surface area (Å²) in [5.41, 5.74) is 8.24. The van der Waals surface area contributed by atoms with Gasteiger partial charge >= 0.3 is 0 Å². The predicted molar refractivity (Wildman–Crippen MR) is 105 cm³/mol. The lowest BCUT2D eigenvalue weighted by Gasteiger charge is -2.27. The standard InChI is InChI=1S/C21H26N4O2/c22-21(25-18-11-13-26-19-10-4-3-9-17(18)19)24-14-15-6-5-12-23-20(15)27-16-7-1-2-8-16/h3-6,9-10,12,16,18H,1-2,7-8,11,13-14H2,(H3,22,24,25). The van der Waals surface area contributed by atoms with E-state index in [1.54, 1.807) is 6.20 Å². The van der Waals surface area contributed by atoms with Crippen molar-refractivity contribution in [1.82, 2.24) is 10.3 Å². The lowest BCUT2D eigenvalue weighted by Crippen LogP contribution is -2.37. The number of hydrogen-bond acceptors (Lipinski definition) is 4. The first-order chi connectivity index (χ1) is 13.3. The zero-order valence-electron chi connectivity index (χ0n) is 15.4. The zero-order chi connectivity index (χ0) is 18.5. The highest BCUT2D eigenvalue weighted by molar-refractivity contribution is 5.78. The van der Waals surface area contributed by atoms with Crippen molar-refractivity contribution >= 4 is 5.96 Å². The topological polar surface area (TPSA) is 81.8 Å². The first-order valence-electron chi connectivity index (χ1n) is 9.68. The average Bonchev–Trinajstić information content (AvgIpc) is 3.21. The second-order valence-corrected chi connectivity index (χ2v) is 7.07. The molecule has 1 aromatic heterocycles. The van der Waals surface area contributed by atoms with Gasteiger partial charge in [-0.3, -0.25) is 0 Å². The molecule has 3 N–H and O–H groups in total. The Morgan fingerprint density at radius 2 is 2.04 bits per heavy atom. The lowest BCUT2D eigenvalue weighted by molar-refractivity contribution is 0.199. The molecular weight excluding hydrogens is 340 g/mol. The molecule has 0 saturated heterocycles. The number of rotatable bonds is 5. The highest BCUT2D eigenvalue weighted by Gasteiger charge is 2.21. The molecule has 0 spiro atoms. The van der Waals surface area contributed by atoms with Crippen LogP contribution in [0, 0.1) is 0 Å². The summed E-state index contributed by atoms with van der Waals surface area (Å²) in [6, 6.07) is 12.1. The van der Waals surface area contributed by atoms with Gasteiger partial charge in [-0.25, -0.2) is 9.98 Å². The second kappa shape index (κ2) is 8.29. The van der Waals surface area contributed by atoms with Gasteiger partial charge in [0, 0.05) is 23.7 Å². The minimum absolute atomic E-state index is 0.113. The fraction of sp³-hybridized carbons (Fsp3) is 0.429. The van der Waals surface area contributed by atoms with Gasteiger partial charge in [0.05, 0.1) is 19.2 Å². The summed E-state index contributed by atoms with van der Waals surface area (Å²) >= 11 is 0. The molecule has 27 heavy (non-hydrogen) atoms. The van der Waals surface area contributed by atoms with Gasteiger partial charge in [0.1, 0.15) is 11.9 Å². The number of guanidine groups is 1. The molecule has 2 aromatic rings. The maximum Gasteiger partial charge on any atom is 0.218 e. The maximum absolute atomic E-state index is 6.16. The van der Waals surface area contributed by atoms with Gasteiger partial charge < -0.3 is 20.5 Å². The van der Waals surface area contributed by atoms with Crippen LogP contribution in [0.2, 0.25) is 0 Å². The maximum atomic E-state index is 6.16. The lowest BCUT2D eigenvalue weighted by atomic mass is 10.0. The van der Waals surface area contributed by atoms with Crippen LogP contribution >= 0.6 is 0 Å². The summed E-state index contributed by atoms with van der Waals surface area (Å²) in [6.07, 6.45) is 7.56. The van der Waals surface area contributed by atoms with E-state index in [0.717, 1.165) is 36.1 Å². The summed E-state index contributed by atoms with van der Waals surface area (Å²) in [5, 5.41) is 3.32. The minimum atomic E-state index is 0.113. The van der Waals surface area contributed by atoms with Crippen molar-refractivity contribution in [2.75, 3.05) is 6.61 Å². The van der Waals surface area contributed by atoms with Gasteiger partial charge in [0.15, 0.2) is 5.96 Å². The Bertz CT molecular complexity index is 802. The number of nitrogens with one attached hydrogen (secondary N) is 1. The van der Waals surface area contributed by atoms with Gasteiger partial charge in [-0.15, -0.1) is 0 Å². The van der Waals surface area contributed by atoms with Gasteiger partial charge in [-0.1, -0.05) is 24.3 Å². The van der Waals surface area contributed by atoms with E-state index in [0.29, 0.717) is 25.0 Å². The smallest absolute Gasteiger partial charge is 0.218 e. The largest absolute Gasteiger partial charge is 0.493 e. The monoisotopic (exact) mass is 366 g/mol. The summed E-state index contributed by atoms with van der Waals surface area (Å²) in [5.74, 6) is 2.01. The van der Waals surface area contributed by atoms with E-state index in [9.17, 15) is 0 Å². The van der Waals surface area contributed by atoms with Crippen LogP contribution in [0.4, 0.5) is 0 Å². The van der Waals surface area contributed by atoms with Crippen molar-refractivity contribution in [2.45, 2.75) is 50.8 Å². The van der Waals surface area contributed by atoms with E-state index < -0.39 is 0 Å². The van der Waals surface area contributed by atoms with Crippen LogP contribution in [0.15, 0.2) is 47.6 Å². The van der Waals surface area contributed by atoms with E-state index in [1.807, 2.05) is 30.3 Å². The predicted octanol–water partition coefficient (Wildman–Crippen LogP) is 3.33. The third-order valence-corrected chi connectivity index (χ3v) is 5.13. The number of aromatic nitrogens is 1. The van der Waals surface area contributed by atoms with E-state index in [2.05, 4.69) is 21.4 Å².